The Balaban J connectivity index is 2.68. The summed E-state index contributed by atoms with van der Waals surface area (Å²) in [6.07, 6.45) is -3.25. The Morgan fingerprint density at radius 2 is 1.87 bits per heavy atom. The van der Waals surface area contributed by atoms with Crippen molar-refractivity contribution in [1.82, 2.24) is 15.0 Å². The van der Waals surface area contributed by atoms with E-state index in [0.29, 0.717) is 9.09 Å². The molecule has 0 bridgehead atoms. The second kappa shape index (κ2) is 3.54. The van der Waals surface area contributed by atoms with Crippen molar-refractivity contribution < 1.29 is 13.2 Å². The van der Waals surface area contributed by atoms with Gasteiger partial charge in [0.15, 0.2) is 5.65 Å². The van der Waals surface area contributed by atoms with Crippen LogP contribution in [0.15, 0.2) is 18.5 Å². The van der Waals surface area contributed by atoms with E-state index >= 15 is 0 Å². The van der Waals surface area contributed by atoms with Gasteiger partial charge in [-0.15, -0.1) is 0 Å². The molecule has 0 aliphatic rings. The number of aromatic nitrogens is 3. The lowest BCUT2D eigenvalue weighted by Crippen LogP contribution is -2.08. The molecule has 0 radical (unpaired) electrons. The van der Waals surface area contributed by atoms with E-state index in [1.807, 2.05) is 22.6 Å². The van der Waals surface area contributed by atoms with Crippen LogP contribution < -0.4 is 0 Å². The lowest BCUT2D eigenvalue weighted by molar-refractivity contribution is -0.141. The number of rotatable bonds is 0. The summed E-state index contributed by atoms with van der Waals surface area (Å²) in [5.41, 5.74) is -0.881. The number of halogens is 4. The largest absolute Gasteiger partial charge is 0.433 e. The fraction of sp³-hybridized carbons (Fsp3) is 0.125. The quantitative estimate of drug-likeness (QED) is 0.552. The number of alkyl halides is 3. The summed E-state index contributed by atoms with van der Waals surface area (Å²) in [6.45, 7) is 0. The third kappa shape index (κ3) is 2.01. The van der Waals surface area contributed by atoms with Gasteiger partial charge >= 0.3 is 6.18 Å². The van der Waals surface area contributed by atoms with Gasteiger partial charge in [0.25, 0.3) is 0 Å². The zero-order valence-corrected chi connectivity index (χ0v) is 9.24. The van der Waals surface area contributed by atoms with Crippen LogP contribution in [-0.4, -0.2) is 15.0 Å². The van der Waals surface area contributed by atoms with E-state index in [1.165, 1.54) is 12.4 Å². The molecule has 0 fully saturated rings. The van der Waals surface area contributed by atoms with E-state index in [-0.39, 0.29) is 5.65 Å². The van der Waals surface area contributed by atoms with E-state index in [9.17, 15) is 13.2 Å². The highest BCUT2D eigenvalue weighted by Crippen LogP contribution is 2.28. The number of hydrogen-bond acceptors (Lipinski definition) is 3. The van der Waals surface area contributed by atoms with Gasteiger partial charge in [-0.3, -0.25) is 0 Å². The van der Waals surface area contributed by atoms with Crippen LogP contribution in [0.4, 0.5) is 13.2 Å². The summed E-state index contributed by atoms with van der Waals surface area (Å²) in [7, 11) is 0. The van der Waals surface area contributed by atoms with Crippen LogP contribution in [0.3, 0.4) is 0 Å². The lowest BCUT2D eigenvalue weighted by atomic mass is 10.3. The Bertz CT molecular complexity index is 512. The van der Waals surface area contributed by atoms with Crippen LogP contribution in [-0.2, 0) is 6.18 Å². The summed E-state index contributed by atoms with van der Waals surface area (Å²) in [4.78, 5) is 11.0. The monoisotopic (exact) mass is 325 g/mol. The molecule has 3 nitrogen and oxygen atoms in total. The Kier molecular flexibility index (Phi) is 2.49. The normalized spacial score (nSPS) is 12.0. The second-order valence-electron chi connectivity index (χ2n) is 2.73. The minimum absolute atomic E-state index is 0.0595. The van der Waals surface area contributed by atoms with Crippen LogP contribution in [0.1, 0.15) is 5.69 Å². The average molecular weight is 325 g/mol. The second-order valence-corrected chi connectivity index (χ2v) is 3.75. The van der Waals surface area contributed by atoms with Crippen molar-refractivity contribution in [2.24, 2.45) is 0 Å². The van der Waals surface area contributed by atoms with Crippen molar-refractivity contribution in [3.05, 3.63) is 27.9 Å². The topological polar surface area (TPSA) is 38.7 Å². The summed E-state index contributed by atoms with van der Waals surface area (Å²) in [5.74, 6) is 0. The summed E-state index contributed by atoms with van der Waals surface area (Å²) < 4.78 is 37.5. The van der Waals surface area contributed by atoms with Gasteiger partial charge in [-0.25, -0.2) is 15.0 Å². The van der Waals surface area contributed by atoms with E-state index in [1.54, 1.807) is 0 Å². The standard InChI is InChI=1S/C8H3F3IN3/c9-8(10,11)5-2-1-4-6(12)13-3-14-7(4)15-5/h1-3H. The summed E-state index contributed by atoms with van der Waals surface area (Å²) in [5, 5.41) is 0.520. The van der Waals surface area contributed by atoms with Gasteiger partial charge in [0, 0.05) is 0 Å². The molecule has 0 N–H and O–H groups in total. The minimum Gasteiger partial charge on any atom is -0.230 e. The van der Waals surface area contributed by atoms with Crippen molar-refractivity contribution in [1.29, 1.82) is 0 Å². The smallest absolute Gasteiger partial charge is 0.230 e. The molecule has 0 amide bonds. The maximum absolute atomic E-state index is 12.3. The molecule has 0 saturated carbocycles. The van der Waals surface area contributed by atoms with E-state index in [4.69, 9.17) is 0 Å². The van der Waals surface area contributed by atoms with Crippen molar-refractivity contribution in [2.75, 3.05) is 0 Å². The first-order valence-electron chi connectivity index (χ1n) is 3.83. The lowest BCUT2D eigenvalue weighted by Gasteiger charge is -2.06. The predicted octanol–water partition coefficient (Wildman–Crippen LogP) is 2.65. The molecular formula is C8H3F3IN3. The predicted molar refractivity (Wildman–Crippen MR) is 55.1 cm³/mol. The molecule has 0 aliphatic carbocycles. The molecule has 0 aliphatic heterocycles. The number of fused-ring (bicyclic) bond motifs is 1. The first kappa shape index (κ1) is 10.5. The third-order valence-electron chi connectivity index (χ3n) is 1.74. The van der Waals surface area contributed by atoms with E-state index in [0.717, 1.165) is 6.07 Å². The molecule has 2 rings (SSSR count). The minimum atomic E-state index is -4.44. The number of hydrogen-bond donors (Lipinski definition) is 0. The molecule has 15 heavy (non-hydrogen) atoms. The zero-order valence-electron chi connectivity index (χ0n) is 7.09. The molecule has 7 heteroatoms. The Morgan fingerprint density at radius 1 is 1.13 bits per heavy atom. The Hall–Kier alpha value is -0.990. The van der Waals surface area contributed by atoms with Crippen molar-refractivity contribution in [2.45, 2.75) is 6.18 Å². The van der Waals surface area contributed by atoms with Crippen LogP contribution in [0.5, 0.6) is 0 Å². The van der Waals surface area contributed by atoms with Crippen LogP contribution >= 0.6 is 22.6 Å². The molecule has 0 atom stereocenters. The highest BCUT2D eigenvalue weighted by atomic mass is 127. The highest BCUT2D eigenvalue weighted by molar-refractivity contribution is 14.1. The molecular weight excluding hydrogens is 322 g/mol. The number of nitrogens with zero attached hydrogens (tertiary/aromatic N) is 3. The maximum Gasteiger partial charge on any atom is 0.433 e. The van der Waals surface area contributed by atoms with Crippen molar-refractivity contribution in [3.63, 3.8) is 0 Å². The van der Waals surface area contributed by atoms with Gasteiger partial charge in [-0.1, -0.05) is 0 Å². The van der Waals surface area contributed by atoms with Gasteiger partial charge in [-0.05, 0) is 34.7 Å². The van der Waals surface area contributed by atoms with E-state index < -0.39 is 11.9 Å². The SMILES string of the molecule is FC(F)(F)c1ccc2c(I)ncnc2n1. The molecule has 0 aromatic carbocycles. The third-order valence-corrected chi connectivity index (χ3v) is 2.60. The van der Waals surface area contributed by atoms with Crippen LogP contribution in [0.25, 0.3) is 11.0 Å². The molecule has 2 aromatic rings. The summed E-state index contributed by atoms with van der Waals surface area (Å²) in [6, 6.07) is 2.25. The number of pyridine rings is 1. The van der Waals surface area contributed by atoms with Gasteiger partial charge in [0.1, 0.15) is 15.7 Å². The van der Waals surface area contributed by atoms with Gasteiger partial charge in [0.2, 0.25) is 0 Å². The van der Waals surface area contributed by atoms with Gasteiger partial charge in [0.05, 0.1) is 5.39 Å². The van der Waals surface area contributed by atoms with E-state index in [2.05, 4.69) is 15.0 Å². The van der Waals surface area contributed by atoms with Crippen molar-refractivity contribution in [3.8, 4) is 0 Å². The average Bonchev–Trinajstić information content (AvgIpc) is 2.16. The summed E-state index contributed by atoms with van der Waals surface area (Å²) >= 11 is 1.92. The van der Waals surface area contributed by atoms with Crippen LogP contribution in [0, 0.1) is 3.70 Å². The van der Waals surface area contributed by atoms with Gasteiger partial charge < -0.3 is 0 Å². The van der Waals surface area contributed by atoms with Crippen LogP contribution in [0.2, 0.25) is 0 Å². The molecule has 2 heterocycles. The fourth-order valence-electron chi connectivity index (χ4n) is 1.07. The molecule has 0 spiro atoms. The maximum atomic E-state index is 12.3. The first-order chi connectivity index (χ1) is 6.98. The zero-order chi connectivity index (χ0) is 11.1. The molecule has 78 valence electrons. The fourth-order valence-corrected chi connectivity index (χ4v) is 1.62. The van der Waals surface area contributed by atoms with Gasteiger partial charge in [-0.2, -0.15) is 13.2 Å². The Morgan fingerprint density at radius 3 is 2.53 bits per heavy atom. The Labute approximate surface area is 95.9 Å². The highest BCUT2D eigenvalue weighted by Gasteiger charge is 2.32. The first-order valence-corrected chi connectivity index (χ1v) is 4.91. The molecule has 0 saturated heterocycles. The molecule has 2 aromatic heterocycles. The molecule has 0 unspecified atom stereocenters. The van der Waals surface area contributed by atoms with Crippen molar-refractivity contribution >= 4 is 33.6 Å².